The Morgan fingerprint density at radius 3 is 2.45 bits per heavy atom. The van der Waals surface area contributed by atoms with Crippen molar-refractivity contribution in [2.24, 2.45) is 17.3 Å². The number of esters is 1. The second-order valence-electron chi connectivity index (χ2n) is 11.9. The summed E-state index contributed by atoms with van der Waals surface area (Å²) in [6.45, 7) is 6.43. The van der Waals surface area contributed by atoms with E-state index in [1.54, 1.807) is 12.1 Å². The van der Waals surface area contributed by atoms with Crippen LogP contribution in [0, 0.1) is 27.4 Å². The summed E-state index contributed by atoms with van der Waals surface area (Å²) in [6.07, 6.45) is 8.42. The standard InChI is InChI=1S/C34H35NO4S/c1-21-18-22(2)31-30(32(34(31,3)20-21)24-12-15-26(16-13-24)35(37)38)33(36)39-28-10-6-7-11-29(28)40-27-17-14-23-8-4-5-9-25(23)19-27/h4-5,8-9,12-20,28-32H,6-7,10-11H2,1-3H3/t28-,29-,30-,31-,32+,34-/m1/s1. The van der Waals surface area contributed by atoms with Crippen molar-refractivity contribution >= 4 is 34.2 Å². The van der Waals surface area contributed by atoms with Gasteiger partial charge in [0.15, 0.2) is 0 Å². The first-order valence-electron chi connectivity index (χ1n) is 14.2. The molecule has 0 saturated heterocycles. The predicted molar refractivity (Wildman–Crippen MR) is 160 cm³/mol. The molecule has 3 aromatic rings. The van der Waals surface area contributed by atoms with Crippen LogP contribution in [-0.2, 0) is 9.53 Å². The molecule has 3 aromatic carbocycles. The van der Waals surface area contributed by atoms with Crippen LogP contribution in [-0.4, -0.2) is 22.2 Å². The third-order valence-electron chi connectivity index (χ3n) is 9.20. The van der Waals surface area contributed by atoms with Crippen LogP contribution < -0.4 is 0 Å². The van der Waals surface area contributed by atoms with Gasteiger partial charge in [0.25, 0.3) is 5.69 Å². The van der Waals surface area contributed by atoms with Gasteiger partial charge in [0, 0.05) is 39.5 Å². The Morgan fingerprint density at radius 1 is 0.975 bits per heavy atom. The summed E-state index contributed by atoms with van der Waals surface area (Å²) in [5.41, 5.74) is 3.17. The molecular formula is C34H35NO4S. The lowest BCUT2D eigenvalue weighted by atomic mass is 9.42. The highest BCUT2D eigenvalue weighted by atomic mass is 32.2. The largest absolute Gasteiger partial charge is 0.461 e. The Hall–Kier alpha value is -3.38. The number of carbonyl (C=O) groups excluding carboxylic acids is 1. The van der Waals surface area contributed by atoms with Crippen molar-refractivity contribution in [3.63, 3.8) is 0 Å². The third kappa shape index (κ3) is 4.77. The van der Waals surface area contributed by atoms with Crippen LogP contribution in [0.4, 0.5) is 5.69 Å². The Bertz CT molecular complexity index is 1530. The van der Waals surface area contributed by atoms with Crippen molar-refractivity contribution < 1.29 is 14.5 Å². The number of nitro benzene ring substituents is 1. The first kappa shape index (κ1) is 26.8. The number of thioether (sulfide) groups is 1. The predicted octanol–water partition coefficient (Wildman–Crippen LogP) is 8.64. The Kier molecular flexibility index (Phi) is 7.07. The molecule has 2 fully saturated rings. The molecule has 3 aliphatic rings. The van der Waals surface area contributed by atoms with E-state index in [1.807, 2.05) is 23.9 Å². The second kappa shape index (κ2) is 10.5. The molecule has 40 heavy (non-hydrogen) atoms. The summed E-state index contributed by atoms with van der Waals surface area (Å²) in [5, 5.41) is 13.9. The van der Waals surface area contributed by atoms with E-state index in [-0.39, 0.29) is 51.1 Å². The van der Waals surface area contributed by atoms with E-state index in [0.717, 1.165) is 31.2 Å². The van der Waals surface area contributed by atoms with Crippen LogP contribution in [0.25, 0.3) is 10.8 Å². The van der Waals surface area contributed by atoms with E-state index >= 15 is 0 Å². The average Bonchev–Trinajstić information content (AvgIpc) is 2.92. The number of rotatable bonds is 6. The van der Waals surface area contributed by atoms with Gasteiger partial charge in [-0.3, -0.25) is 14.9 Å². The number of hydrogen-bond donors (Lipinski definition) is 0. The molecule has 6 atom stereocenters. The highest BCUT2D eigenvalue weighted by Gasteiger charge is 2.63. The van der Waals surface area contributed by atoms with Gasteiger partial charge >= 0.3 is 5.97 Å². The molecule has 0 heterocycles. The van der Waals surface area contributed by atoms with E-state index < -0.39 is 0 Å². The van der Waals surface area contributed by atoms with Crippen LogP contribution >= 0.6 is 11.8 Å². The molecule has 2 saturated carbocycles. The zero-order valence-corrected chi connectivity index (χ0v) is 24.0. The summed E-state index contributed by atoms with van der Waals surface area (Å²) < 4.78 is 6.43. The van der Waals surface area contributed by atoms with Gasteiger partial charge in [-0.1, -0.05) is 79.1 Å². The Morgan fingerprint density at radius 2 is 1.70 bits per heavy atom. The zero-order chi connectivity index (χ0) is 28.0. The number of nitro groups is 1. The van der Waals surface area contributed by atoms with Crippen LogP contribution in [0.5, 0.6) is 0 Å². The Labute approximate surface area is 239 Å². The zero-order valence-electron chi connectivity index (χ0n) is 23.2. The highest BCUT2D eigenvalue weighted by molar-refractivity contribution is 8.00. The fourth-order valence-electron chi connectivity index (χ4n) is 7.59. The van der Waals surface area contributed by atoms with E-state index in [1.165, 1.54) is 26.8 Å². The SMILES string of the molecule is CC1=C[C@]2(C)[C@H](C(C)=C1)[C@@H](C(=O)O[C@@H]1CCCC[C@H]1Sc1ccc3ccccc3c1)[C@@H]2c1ccc([N+](=O)[O-])cc1. The summed E-state index contributed by atoms with van der Waals surface area (Å²) >= 11 is 1.83. The van der Waals surface area contributed by atoms with E-state index in [9.17, 15) is 14.9 Å². The molecule has 0 aliphatic heterocycles. The number of carbonyl (C=O) groups is 1. The van der Waals surface area contributed by atoms with Crippen LogP contribution in [0.2, 0.25) is 0 Å². The molecule has 0 radical (unpaired) electrons. The number of non-ortho nitro benzene ring substituents is 1. The summed E-state index contributed by atoms with van der Waals surface area (Å²) in [4.78, 5) is 26.2. The number of benzene rings is 3. The molecule has 0 amide bonds. The lowest BCUT2D eigenvalue weighted by molar-refractivity contribution is -0.384. The molecule has 3 aliphatic carbocycles. The molecular weight excluding hydrogens is 518 g/mol. The first-order chi connectivity index (χ1) is 19.2. The van der Waals surface area contributed by atoms with Gasteiger partial charge in [0.2, 0.25) is 0 Å². The smallest absolute Gasteiger partial charge is 0.310 e. The molecule has 6 rings (SSSR count). The van der Waals surface area contributed by atoms with Gasteiger partial charge in [0.05, 0.1) is 10.8 Å². The normalized spacial score (nSPS) is 29.5. The van der Waals surface area contributed by atoms with Gasteiger partial charge in [-0.2, -0.15) is 0 Å². The van der Waals surface area contributed by atoms with Crippen LogP contribution in [0.1, 0.15) is 57.9 Å². The van der Waals surface area contributed by atoms with Crippen molar-refractivity contribution in [2.75, 3.05) is 0 Å². The van der Waals surface area contributed by atoms with Crippen LogP contribution in [0.15, 0.2) is 94.9 Å². The van der Waals surface area contributed by atoms with E-state index in [4.69, 9.17) is 4.74 Å². The molecule has 206 valence electrons. The second-order valence-corrected chi connectivity index (χ2v) is 13.2. The molecule has 0 N–H and O–H groups in total. The monoisotopic (exact) mass is 553 g/mol. The maximum absolute atomic E-state index is 14.1. The van der Waals surface area contributed by atoms with Gasteiger partial charge in [-0.05, 0) is 61.6 Å². The maximum Gasteiger partial charge on any atom is 0.310 e. The lowest BCUT2D eigenvalue weighted by Gasteiger charge is -2.60. The van der Waals surface area contributed by atoms with Gasteiger partial charge in [-0.25, -0.2) is 0 Å². The minimum atomic E-state index is -0.380. The lowest BCUT2D eigenvalue weighted by Crippen LogP contribution is -2.58. The molecule has 6 heteroatoms. The number of nitrogens with zero attached hydrogens (tertiary/aromatic N) is 1. The number of ether oxygens (including phenoxy) is 1. The fraction of sp³-hybridized carbons (Fsp3) is 0.382. The van der Waals surface area contributed by atoms with E-state index in [2.05, 4.69) is 75.4 Å². The van der Waals surface area contributed by atoms with Crippen molar-refractivity contribution in [3.8, 4) is 0 Å². The van der Waals surface area contributed by atoms with Gasteiger partial charge in [-0.15, -0.1) is 11.8 Å². The summed E-state index contributed by atoms with van der Waals surface area (Å²) in [6, 6.07) is 21.7. The molecule has 0 bridgehead atoms. The summed E-state index contributed by atoms with van der Waals surface area (Å²) in [5.74, 6) is -0.499. The Balaban J connectivity index is 1.26. The average molecular weight is 554 g/mol. The van der Waals surface area contributed by atoms with Gasteiger partial charge < -0.3 is 4.74 Å². The maximum atomic E-state index is 14.1. The number of fused-ring (bicyclic) bond motifs is 2. The topological polar surface area (TPSA) is 69.4 Å². The minimum absolute atomic E-state index is 0.0547. The molecule has 0 aromatic heterocycles. The number of allylic oxidation sites excluding steroid dienone is 4. The minimum Gasteiger partial charge on any atom is -0.461 e. The highest BCUT2D eigenvalue weighted by Crippen LogP contribution is 2.66. The quantitative estimate of drug-likeness (QED) is 0.174. The van der Waals surface area contributed by atoms with Gasteiger partial charge in [0.1, 0.15) is 6.10 Å². The molecule has 0 spiro atoms. The van der Waals surface area contributed by atoms with Crippen molar-refractivity contribution in [3.05, 3.63) is 106 Å². The van der Waals surface area contributed by atoms with Crippen LogP contribution in [0.3, 0.4) is 0 Å². The third-order valence-corrected chi connectivity index (χ3v) is 10.6. The van der Waals surface area contributed by atoms with Crippen molar-refractivity contribution in [1.82, 2.24) is 0 Å². The van der Waals surface area contributed by atoms with E-state index in [0.29, 0.717) is 0 Å². The first-order valence-corrected chi connectivity index (χ1v) is 15.1. The summed E-state index contributed by atoms with van der Waals surface area (Å²) in [7, 11) is 0. The van der Waals surface area contributed by atoms with Crippen molar-refractivity contribution in [1.29, 1.82) is 0 Å². The molecule has 0 unspecified atom stereocenters. The van der Waals surface area contributed by atoms with Crippen molar-refractivity contribution in [2.45, 2.75) is 68.6 Å². The molecule has 5 nitrogen and oxygen atoms in total. The fourth-order valence-corrected chi connectivity index (χ4v) is 8.91. The number of hydrogen-bond acceptors (Lipinski definition) is 5.